The molecule has 0 radical (unpaired) electrons. The monoisotopic (exact) mass is 519 g/mol. The topological polar surface area (TPSA) is 69.7 Å². The molecule has 1 fully saturated rings. The molecule has 0 aromatic heterocycles. The van der Waals surface area contributed by atoms with Gasteiger partial charge in [-0.1, -0.05) is 83.5 Å². The fourth-order valence-electron chi connectivity index (χ4n) is 3.96. The number of hydrazine groups is 1. The number of thioether (sulfide) groups is 1. The first-order valence-corrected chi connectivity index (χ1v) is 12.3. The summed E-state index contributed by atoms with van der Waals surface area (Å²) < 4.78 is 0.125. The minimum Gasteiger partial charge on any atom is -0.303 e. The summed E-state index contributed by atoms with van der Waals surface area (Å²) in [5.74, 6) is -1.42. The maximum atomic E-state index is 13.6. The molecule has 2 heterocycles. The lowest BCUT2D eigenvalue weighted by atomic mass is 10.1. The van der Waals surface area contributed by atoms with Gasteiger partial charge in [-0.2, -0.15) is 5.01 Å². The maximum Gasteiger partial charge on any atom is 0.286 e. The molecular weight excluding hydrogens is 502 g/mol. The Hall–Kier alpha value is -3.46. The molecule has 2 aliphatic heterocycles. The zero-order chi connectivity index (χ0) is 24.7. The predicted octanol–water partition coefficient (Wildman–Crippen LogP) is 5.11. The van der Waals surface area contributed by atoms with Crippen molar-refractivity contribution in [2.75, 3.05) is 4.90 Å². The van der Waals surface area contributed by atoms with Gasteiger partial charge < -0.3 is 4.90 Å². The molecule has 3 aromatic rings. The lowest BCUT2D eigenvalue weighted by Crippen LogP contribution is -2.45. The minimum absolute atomic E-state index is 0.125. The van der Waals surface area contributed by atoms with Crippen molar-refractivity contribution in [3.8, 4) is 0 Å². The van der Waals surface area contributed by atoms with Crippen molar-refractivity contribution in [3.63, 3.8) is 0 Å². The van der Waals surface area contributed by atoms with E-state index < -0.39 is 11.8 Å². The Morgan fingerprint density at radius 1 is 0.971 bits per heavy atom. The van der Waals surface area contributed by atoms with Crippen LogP contribution >= 0.6 is 35.6 Å². The Kier molecular flexibility index (Phi) is 6.19. The summed E-state index contributed by atoms with van der Waals surface area (Å²) in [6, 6.07) is 21.8. The third-order valence-electron chi connectivity index (χ3n) is 5.71. The number of nitrogens with zero attached hydrogens (tertiary/aromatic N) is 2. The first kappa shape index (κ1) is 23.3. The molecular formula is C26H18ClN3O3S2. The van der Waals surface area contributed by atoms with Gasteiger partial charge in [0, 0.05) is 5.56 Å². The molecule has 0 bridgehead atoms. The first-order valence-electron chi connectivity index (χ1n) is 10.7. The molecule has 3 aromatic carbocycles. The van der Waals surface area contributed by atoms with Gasteiger partial charge in [-0.05, 0) is 42.9 Å². The number of thiocarbonyl (C=S) groups is 1. The van der Waals surface area contributed by atoms with E-state index in [-0.39, 0.29) is 31.3 Å². The second-order valence-corrected chi connectivity index (χ2v) is 10.1. The van der Waals surface area contributed by atoms with Crippen LogP contribution in [0.4, 0.5) is 5.69 Å². The van der Waals surface area contributed by atoms with Crippen LogP contribution < -0.4 is 10.3 Å². The molecule has 9 heteroatoms. The molecule has 174 valence electrons. The van der Waals surface area contributed by atoms with Crippen molar-refractivity contribution in [1.82, 2.24) is 10.4 Å². The van der Waals surface area contributed by atoms with Crippen molar-refractivity contribution in [3.05, 3.63) is 105 Å². The highest BCUT2D eigenvalue weighted by atomic mass is 35.5. The molecule has 2 aliphatic rings. The van der Waals surface area contributed by atoms with Gasteiger partial charge in [-0.3, -0.25) is 19.8 Å². The molecule has 0 spiro atoms. The van der Waals surface area contributed by atoms with E-state index in [4.69, 9.17) is 23.8 Å². The standard InChI is InChI=1S/C26H18ClN3O3S2/c1-15-10-12-16(13-11-15)14-29-20-9-5-3-7-18(20)21(24(29)32)22-25(33)30(26(34)35-22)28-23(31)17-6-2-4-8-19(17)27/h2-13H,14H2,1H3,(H,28,31)/b22-21-. The number of carbonyl (C=O) groups excluding carboxylic acids is 3. The van der Waals surface area contributed by atoms with Gasteiger partial charge in [-0.15, -0.1) is 0 Å². The van der Waals surface area contributed by atoms with Crippen LogP contribution in [0.2, 0.25) is 5.02 Å². The summed E-state index contributed by atoms with van der Waals surface area (Å²) >= 11 is 12.5. The fraction of sp³-hybridized carbons (Fsp3) is 0.0769. The van der Waals surface area contributed by atoms with E-state index >= 15 is 0 Å². The lowest BCUT2D eigenvalue weighted by Gasteiger charge is -2.17. The Morgan fingerprint density at radius 3 is 2.40 bits per heavy atom. The van der Waals surface area contributed by atoms with Crippen molar-refractivity contribution in [1.29, 1.82) is 0 Å². The second kappa shape index (κ2) is 9.30. The molecule has 5 rings (SSSR count). The zero-order valence-electron chi connectivity index (χ0n) is 18.4. The average molecular weight is 520 g/mol. The van der Waals surface area contributed by atoms with Crippen LogP contribution in [0.5, 0.6) is 0 Å². The number of amides is 3. The summed E-state index contributed by atoms with van der Waals surface area (Å²) in [6.07, 6.45) is 0. The van der Waals surface area contributed by atoms with E-state index in [2.05, 4.69) is 5.43 Å². The average Bonchev–Trinajstić information content (AvgIpc) is 3.28. The number of aryl methyl sites for hydroxylation is 1. The molecule has 1 N–H and O–H groups in total. The first-order chi connectivity index (χ1) is 16.8. The van der Waals surface area contributed by atoms with Crippen LogP contribution in [-0.4, -0.2) is 27.1 Å². The molecule has 6 nitrogen and oxygen atoms in total. The number of anilines is 1. The number of fused-ring (bicyclic) bond motifs is 1. The van der Waals surface area contributed by atoms with Crippen molar-refractivity contribution in [2.45, 2.75) is 13.5 Å². The highest BCUT2D eigenvalue weighted by molar-refractivity contribution is 8.26. The summed E-state index contributed by atoms with van der Waals surface area (Å²) in [6.45, 7) is 2.37. The number of halogens is 1. The Labute approximate surface area is 216 Å². The van der Waals surface area contributed by atoms with Gasteiger partial charge in [-0.25, -0.2) is 0 Å². The van der Waals surface area contributed by atoms with Gasteiger partial charge in [0.1, 0.15) is 0 Å². The van der Waals surface area contributed by atoms with Crippen LogP contribution in [0.25, 0.3) is 5.57 Å². The van der Waals surface area contributed by atoms with E-state index in [0.29, 0.717) is 12.1 Å². The number of carbonyl (C=O) groups is 3. The van der Waals surface area contributed by atoms with Crippen LogP contribution in [0.1, 0.15) is 27.0 Å². The van der Waals surface area contributed by atoms with E-state index in [1.807, 2.05) is 55.5 Å². The Morgan fingerprint density at radius 2 is 1.66 bits per heavy atom. The van der Waals surface area contributed by atoms with Crippen LogP contribution in [0, 0.1) is 6.92 Å². The number of rotatable bonds is 4. The van der Waals surface area contributed by atoms with Gasteiger partial charge in [0.2, 0.25) is 0 Å². The number of hydrogen-bond donors (Lipinski definition) is 1. The van der Waals surface area contributed by atoms with E-state index in [9.17, 15) is 14.4 Å². The van der Waals surface area contributed by atoms with E-state index in [0.717, 1.165) is 33.6 Å². The largest absolute Gasteiger partial charge is 0.303 e. The summed E-state index contributed by atoms with van der Waals surface area (Å²) in [5.41, 5.74) is 6.49. The van der Waals surface area contributed by atoms with Crippen molar-refractivity contribution < 1.29 is 14.4 Å². The zero-order valence-corrected chi connectivity index (χ0v) is 20.8. The maximum absolute atomic E-state index is 13.6. The third kappa shape index (κ3) is 4.25. The SMILES string of the molecule is Cc1ccc(CN2C(=O)/C(=C3\SC(=S)N(NC(=O)c4ccccc4Cl)C3=O)c3ccccc32)cc1. The van der Waals surface area contributed by atoms with Gasteiger partial charge >= 0.3 is 0 Å². The summed E-state index contributed by atoms with van der Waals surface area (Å²) in [4.78, 5) is 41.5. The lowest BCUT2D eigenvalue weighted by molar-refractivity contribution is -0.124. The van der Waals surface area contributed by atoms with Crippen LogP contribution in [-0.2, 0) is 16.1 Å². The number of benzene rings is 3. The Bertz CT molecular complexity index is 1440. The number of nitrogens with one attached hydrogen (secondary N) is 1. The predicted molar refractivity (Wildman–Crippen MR) is 142 cm³/mol. The molecule has 35 heavy (non-hydrogen) atoms. The van der Waals surface area contributed by atoms with Gasteiger partial charge in [0.05, 0.1) is 33.3 Å². The number of hydrogen-bond acceptors (Lipinski definition) is 5. The van der Waals surface area contributed by atoms with Crippen LogP contribution in [0.15, 0.2) is 77.7 Å². The van der Waals surface area contributed by atoms with Crippen molar-refractivity contribution in [2.24, 2.45) is 0 Å². The highest BCUT2D eigenvalue weighted by Crippen LogP contribution is 2.44. The highest BCUT2D eigenvalue weighted by Gasteiger charge is 2.42. The van der Waals surface area contributed by atoms with Gasteiger partial charge in [0.15, 0.2) is 4.32 Å². The van der Waals surface area contributed by atoms with E-state index in [1.54, 1.807) is 29.2 Å². The van der Waals surface area contributed by atoms with Crippen molar-refractivity contribution >= 4 is 68.9 Å². The smallest absolute Gasteiger partial charge is 0.286 e. The molecule has 0 unspecified atom stereocenters. The van der Waals surface area contributed by atoms with Gasteiger partial charge in [0.25, 0.3) is 17.7 Å². The quantitative estimate of drug-likeness (QED) is 0.383. The minimum atomic E-state index is -0.572. The third-order valence-corrected chi connectivity index (χ3v) is 7.41. The molecule has 3 amide bonds. The summed E-state index contributed by atoms with van der Waals surface area (Å²) in [5, 5.41) is 1.24. The molecule has 0 saturated carbocycles. The molecule has 0 aliphatic carbocycles. The Balaban J connectivity index is 1.48. The number of para-hydroxylation sites is 1. The van der Waals surface area contributed by atoms with Crippen LogP contribution in [0.3, 0.4) is 0 Å². The summed E-state index contributed by atoms with van der Waals surface area (Å²) in [7, 11) is 0. The fourth-order valence-corrected chi connectivity index (χ4v) is 5.43. The van der Waals surface area contributed by atoms with E-state index in [1.165, 1.54) is 0 Å². The molecule has 1 saturated heterocycles. The second-order valence-electron chi connectivity index (χ2n) is 8.03. The molecule has 0 atom stereocenters. The normalized spacial score (nSPS) is 17.3.